The number of hydrogen-bond acceptors (Lipinski definition) is 3. The average Bonchev–Trinajstić information content (AvgIpc) is 3.01. The maximum absolute atomic E-state index is 13.9. The van der Waals surface area contributed by atoms with Crippen molar-refractivity contribution in [2.45, 2.75) is 13.5 Å². The number of benzene rings is 3. The van der Waals surface area contributed by atoms with Gasteiger partial charge in [-0.1, -0.05) is 48.5 Å². The minimum Gasteiger partial charge on any atom is -0.488 e. The molecule has 0 atom stereocenters. The van der Waals surface area contributed by atoms with Gasteiger partial charge >= 0.3 is 0 Å². The van der Waals surface area contributed by atoms with Crippen LogP contribution in [0.1, 0.15) is 27.0 Å². The van der Waals surface area contributed by atoms with Crippen molar-refractivity contribution in [3.05, 3.63) is 101 Å². The fraction of sp³-hybridized carbons (Fsp3) is 0.0870. The fourth-order valence-corrected chi connectivity index (χ4v) is 2.99. The highest BCUT2D eigenvalue weighted by atomic mass is 19.1. The quantitative estimate of drug-likeness (QED) is 0.590. The molecule has 1 aliphatic heterocycles. The van der Waals surface area contributed by atoms with Gasteiger partial charge in [-0.2, -0.15) is 0 Å². The molecule has 4 rings (SSSR count). The monoisotopic (exact) mass is 360 g/mol. The highest BCUT2D eigenvalue weighted by Crippen LogP contribution is 2.39. The normalized spacial score (nSPS) is 14.1. The van der Waals surface area contributed by atoms with Crippen molar-refractivity contribution in [2.75, 3.05) is 0 Å². The summed E-state index contributed by atoms with van der Waals surface area (Å²) in [5, 5.41) is 0. The van der Waals surface area contributed by atoms with Crippen LogP contribution < -0.4 is 9.47 Å². The van der Waals surface area contributed by atoms with E-state index < -0.39 is 5.82 Å². The summed E-state index contributed by atoms with van der Waals surface area (Å²) in [5.74, 6) is 0.566. The number of carbonyl (C=O) groups excluding carboxylic acids is 1. The minimum atomic E-state index is -0.402. The summed E-state index contributed by atoms with van der Waals surface area (Å²) in [6, 6.07) is 19.5. The molecule has 0 unspecified atom stereocenters. The van der Waals surface area contributed by atoms with Gasteiger partial charge in [-0.15, -0.1) is 0 Å². The molecule has 3 aromatic rings. The lowest BCUT2D eigenvalue weighted by Gasteiger charge is -2.11. The van der Waals surface area contributed by atoms with Crippen molar-refractivity contribution in [1.29, 1.82) is 0 Å². The highest BCUT2D eigenvalue weighted by molar-refractivity contribution is 6.14. The van der Waals surface area contributed by atoms with E-state index in [1.54, 1.807) is 30.3 Å². The first-order valence-electron chi connectivity index (χ1n) is 8.62. The van der Waals surface area contributed by atoms with Crippen LogP contribution in [-0.2, 0) is 6.61 Å². The summed E-state index contributed by atoms with van der Waals surface area (Å²) in [6.45, 7) is 2.27. The predicted molar refractivity (Wildman–Crippen MR) is 101 cm³/mol. The Kier molecular flexibility index (Phi) is 4.47. The maximum Gasteiger partial charge on any atom is 0.231 e. The molecule has 0 spiro atoms. The summed E-state index contributed by atoms with van der Waals surface area (Å²) in [4.78, 5) is 12.6. The molecular formula is C23H17FO3. The van der Waals surface area contributed by atoms with Crippen LogP contribution in [0.2, 0.25) is 0 Å². The van der Waals surface area contributed by atoms with Crippen molar-refractivity contribution in [3.63, 3.8) is 0 Å². The molecule has 3 nitrogen and oxygen atoms in total. The molecule has 0 bridgehead atoms. The first-order chi connectivity index (χ1) is 13.1. The summed E-state index contributed by atoms with van der Waals surface area (Å²) < 4.78 is 25.5. The second-order valence-electron chi connectivity index (χ2n) is 6.30. The Morgan fingerprint density at radius 2 is 1.74 bits per heavy atom. The third kappa shape index (κ3) is 3.34. The molecule has 134 valence electrons. The second-order valence-corrected chi connectivity index (χ2v) is 6.30. The number of Topliss-reactive ketones (excluding diaryl/α,β-unsaturated/α-hetero) is 1. The SMILES string of the molecule is Cc1c(OCc2ccccc2)ccc2c1O/C(=C\c1ccccc1F)C2=O. The van der Waals surface area contributed by atoms with Crippen LogP contribution in [0.25, 0.3) is 6.08 Å². The molecule has 0 radical (unpaired) electrons. The summed E-state index contributed by atoms with van der Waals surface area (Å²) in [6.07, 6.45) is 1.43. The van der Waals surface area contributed by atoms with Gasteiger partial charge in [0, 0.05) is 11.1 Å². The molecule has 27 heavy (non-hydrogen) atoms. The van der Waals surface area contributed by atoms with Crippen molar-refractivity contribution < 1.29 is 18.7 Å². The van der Waals surface area contributed by atoms with Gasteiger partial charge in [0.25, 0.3) is 0 Å². The van der Waals surface area contributed by atoms with Crippen LogP contribution in [-0.4, -0.2) is 5.78 Å². The Labute approximate surface area is 156 Å². The van der Waals surface area contributed by atoms with E-state index in [9.17, 15) is 9.18 Å². The van der Waals surface area contributed by atoms with Crippen molar-refractivity contribution >= 4 is 11.9 Å². The molecule has 0 aliphatic carbocycles. The third-order valence-corrected chi connectivity index (χ3v) is 4.47. The van der Waals surface area contributed by atoms with Gasteiger partial charge in [-0.05, 0) is 36.8 Å². The number of allylic oxidation sites excluding steroid dienone is 1. The number of halogens is 1. The Morgan fingerprint density at radius 3 is 2.52 bits per heavy atom. The number of hydrogen-bond donors (Lipinski definition) is 0. The molecule has 0 fully saturated rings. The van der Waals surface area contributed by atoms with E-state index in [0.717, 1.165) is 11.1 Å². The lowest BCUT2D eigenvalue weighted by molar-refractivity contribution is 0.101. The van der Waals surface area contributed by atoms with Crippen molar-refractivity contribution in [3.8, 4) is 11.5 Å². The summed E-state index contributed by atoms with van der Waals surface area (Å²) >= 11 is 0. The molecular weight excluding hydrogens is 343 g/mol. The Balaban J connectivity index is 1.60. The first-order valence-corrected chi connectivity index (χ1v) is 8.62. The van der Waals surface area contributed by atoms with Crippen LogP contribution >= 0.6 is 0 Å². The Hall–Kier alpha value is -3.40. The van der Waals surface area contributed by atoms with Gasteiger partial charge < -0.3 is 9.47 Å². The lowest BCUT2D eigenvalue weighted by atomic mass is 10.1. The summed E-state index contributed by atoms with van der Waals surface area (Å²) in [5.41, 5.74) is 2.57. The molecule has 1 heterocycles. The van der Waals surface area contributed by atoms with Crippen LogP contribution in [0.15, 0.2) is 72.5 Å². The Morgan fingerprint density at radius 1 is 1.00 bits per heavy atom. The molecule has 0 amide bonds. The third-order valence-electron chi connectivity index (χ3n) is 4.47. The second kappa shape index (κ2) is 7.08. The van der Waals surface area contributed by atoms with Crippen LogP contribution in [0.3, 0.4) is 0 Å². The van der Waals surface area contributed by atoms with Crippen LogP contribution in [0.4, 0.5) is 4.39 Å². The number of carbonyl (C=O) groups is 1. The zero-order valence-corrected chi connectivity index (χ0v) is 14.7. The van der Waals surface area contributed by atoms with E-state index in [0.29, 0.717) is 29.2 Å². The average molecular weight is 360 g/mol. The van der Waals surface area contributed by atoms with E-state index in [2.05, 4.69) is 0 Å². The molecule has 0 saturated heterocycles. The fourth-order valence-electron chi connectivity index (χ4n) is 2.99. The van der Waals surface area contributed by atoms with Crippen molar-refractivity contribution in [2.24, 2.45) is 0 Å². The predicted octanol–water partition coefficient (Wildman–Crippen LogP) is 5.33. The zero-order chi connectivity index (χ0) is 18.8. The minimum absolute atomic E-state index is 0.110. The molecule has 3 aromatic carbocycles. The van der Waals surface area contributed by atoms with E-state index in [-0.39, 0.29) is 11.5 Å². The topological polar surface area (TPSA) is 35.5 Å². The van der Waals surface area contributed by atoms with Gasteiger partial charge in [0.1, 0.15) is 23.9 Å². The first kappa shape index (κ1) is 17.0. The number of ketones is 1. The zero-order valence-electron chi connectivity index (χ0n) is 14.7. The molecule has 1 aliphatic rings. The highest BCUT2D eigenvalue weighted by Gasteiger charge is 2.30. The molecule has 0 saturated carbocycles. The van der Waals surface area contributed by atoms with Crippen LogP contribution in [0, 0.1) is 12.7 Å². The number of rotatable bonds is 4. The maximum atomic E-state index is 13.9. The van der Waals surface area contributed by atoms with Crippen molar-refractivity contribution in [1.82, 2.24) is 0 Å². The van der Waals surface area contributed by atoms with E-state index in [4.69, 9.17) is 9.47 Å². The lowest BCUT2D eigenvalue weighted by Crippen LogP contribution is -1.98. The largest absolute Gasteiger partial charge is 0.488 e. The van der Waals surface area contributed by atoms with E-state index >= 15 is 0 Å². The number of fused-ring (bicyclic) bond motifs is 1. The van der Waals surface area contributed by atoms with Gasteiger partial charge in [0.05, 0.1) is 5.56 Å². The van der Waals surface area contributed by atoms with Crippen LogP contribution in [0.5, 0.6) is 11.5 Å². The number of ether oxygens (including phenoxy) is 2. The Bertz CT molecular complexity index is 1040. The molecule has 4 heteroatoms. The van der Waals surface area contributed by atoms with Gasteiger partial charge in [0.15, 0.2) is 5.76 Å². The molecule has 0 N–H and O–H groups in total. The van der Waals surface area contributed by atoms with E-state index in [1.807, 2.05) is 37.3 Å². The molecule has 0 aromatic heterocycles. The van der Waals surface area contributed by atoms with Gasteiger partial charge in [-0.3, -0.25) is 4.79 Å². The van der Waals surface area contributed by atoms with E-state index in [1.165, 1.54) is 12.1 Å². The van der Waals surface area contributed by atoms with Gasteiger partial charge in [-0.25, -0.2) is 4.39 Å². The smallest absolute Gasteiger partial charge is 0.231 e. The van der Waals surface area contributed by atoms with Gasteiger partial charge in [0.2, 0.25) is 5.78 Å². The summed E-state index contributed by atoms with van der Waals surface area (Å²) in [7, 11) is 0. The standard InChI is InChI=1S/C23H17FO3/c1-15-20(26-14-16-7-3-2-4-8-16)12-11-18-22(25)21(27-23(15)18)13-17-9-5-6-10-19(17)24/h2-13H,14H2,1H3/b21-13-.